The smallest absolute Gasteiger partial charge is 0.00753 e. The van der Waals surface area contributed by atoms with Crippen molar-refractivity contribution in [2.75, 3.05) is 5.75 Å². The lowest BCUT2D eigenvalue weighted by molar-refractivity contribution is 1.44. The van der Waals surface area contributed by atoms with Gasteiger partial charge in [-0.3, -0.25) is 9.56 Å². The van der Waals surface area contributed by atoms with Crippen LogP contribution in [0.1, 0.15) is 6.92 Å². The van der Waals surface area contributed by atoms with Crippen LogP contribution in [0.4, 0.5) is 0 Å². The minimum absolute atomic E-state index is 0.704. The Balaban J connectivity index is 3.23. The number of thiol groups is 1. The number of nitrogens with one attached hydrogen (secondary N) is 2. The monoisotopic (exact) mass is 92.0 g/mol. The molecule has 0 unspecified atom stereocenters. The van der Waals surface area contributed by atoms with Crippen molar-refractivity contribution in [3.8, 4) is 0 Å². The molecule has 0 aromatic carbocycles. The third-order valence-corrected chi connectivity index (χ3v) is 0.949. The molecule has 0 rings (SSSR count). The summed E-state index contributed by atoms with van der Waals surface area (Å²) in [5, 5.41) is 0. The first kappa shape index (κ1) is 4.95. The first-order valence-corrected chi connectivity index (χ1v) is 3.00. The van der Waals surface area contributed by atoms with Crippen molar-refractivity contribution >= 4 is 10.5 Å². The molecule has 0 saturated carbocycles. The van der Waals surface area contributed by atoms with Crippen LogP contribution in [0.25, 0.3) is 0 Å². The molecule has 0 atom stereocenters. The molecule has 0 heterocycles. The van der Waals surface area contributed by atoms with Crippen LogP contribution in [-0.2, 0) is 10.5 Å². The van der Waals surface area contributed by atoms with Crippen LogP contribution >= 0.6 is 0 Å². The Bertz CT molecular complexity index is 65.7. The van der Waals surface area contributed by atoms with E-state index in [1.165, 1.54) is 0 Å². The van der Waals surface area contributed by atoms with E-state index in [1.807, 2.05) is 6.92 Å². The predicted molar refractivity (Wildman–Crippen MR) is 24.7 cm³/mol. The normalized spacial score (nSPS) is 9.20. The van der Waals surface area contributed by atoms with E-state index in [0.717, 1.165) is 0 Å². The van der Waals surface area contributed by atoms with Gasteiger partial charge in [-0.15, -0.1) is 0 Å². The highest BCUT2D eigenvalue weighted by atomic mass is 32.2. The van der Waals surface area contributed by atoms with Crippen LogP contribution in [0.3, 0.4) is 0 Å². The second-order valence-electron chi connectivity index (χ2n) is 0.744. The number of hydrogen-bond donors (Lipinski definition) is 3. The van der Waals surface area contributed by atoms with Gasteiger partial charge in [0.05, 0.1) is 0 Å². The molecule has 2 nitrogen and oxygen atoms in total. The number of hydrogen-bond acceptors (Lipinski definition) is 2. The van der Waals surface area contributed by atoms with Crippen molar-refractivity contribution in [2.45, 2.75) is 6.92 Å². The highest BCUT2D eigenvalue weighted by Gasteiger charge is 1.55. The lowest BCUT2D eigenvalue weighted by Gasteiger charge is -1.69. The Hall–Kier alpha value is -0.0500. The molecule has 0 amide bonds. The van der Waals surface area contributed by atoms with Crippen LogP contribution in [0, 0.1) is 9.56 Å². The fourth-order valence-electron chi connectivity index (χ4n) is 0. The Morgan fingerprint density at radius 2 is 1.80 bits per heavy atom. The molecule has 0 aliphatic carbocycles. The van der Waals surface area contributed by atoms with Gasteiger partial charge in [-0.1, -0.05) is 17.4 Å². The van der Waals surface area contributed by atoms with Gasteiger partial charge in [0.25, 0.3) is 0 Å². The molecule has 0 spiro atoms. The predicted octanol–water partition coefficient (Wildman–Crippen LogP) is 0.882. The second kappa shape index (κ2) is 2.20. The lowest BCUT2D eigenvalue weighted by atomic mass is 11.0. The van der Waals surface area contributed by atoms with Gasteiger partial charge in [0, 0.05) is 5.75 Å². The van der Waals surface area contributed by atoms with Crippen molar-refractivity contribution in [3.05, 3.63) is 0 Å². The van der Waals surface area contributed by atoms with Crippen LogP contribution < -0.4 is 0 Å². The maximum atomic E-state index is 6.56. The van der Waals surface area contributed by atoms with Gasteiger partial charge in [-0.05, 0) is 0 Å². The molecule has 0 aliphatic heterocycles. The van der Waals surface area contributed by atoms with E-state index < -0.39 is 10.5 Å². The van der Waals surface area contributed by atoms with E-state index in [4.69, 9.17) is 9.56 Å². The lowest BCUT2D eigenvalue weighted by Crippen LogP contribution is -1.67. The summed E-state index contributed by atoms with van der Waals surface area (Å²) in [6.45, 7) is 1.85. The molecule has 0 aliphatic rings. The van der Waals surface area contributed by atoms with E-state index in [2.05, 4.69) is 0 Å². The van der Waals surface area contributed by atoms with Crippen LogP contribution in [0.15, 0.2) is 0 Å². The van der Waals surface area contributed by atoms with Gasteiger partial charge in [-0.2, -0.15) is 0 Å². The third kappa shape index (κ3) is 3.95. The molecule has 0 saturated heterocycles. The molecule has 3 heteroatoms. The summed E-state index contributed by atoms with van der Waals surface area (Å²) in [7, 11) is -1.10. The first-order valence-electron chi connectivity index (χ1n) is 1.47. The zero-order chi connectivity index (χ0) is 4.28. The van der Waals surface area contributed by atoms with Crippen LogP contribution in [0.5, 0.6) is 0 Å². The minimum Gasteiger partial charge on any atom is -0.273 e. The van der Waals surface area contributed by atoms with Crippen LogP contribution in [-0.4, -0.2) is 5.75 Å². The molecule has 32 valence electrons. The maximum Gasteiger partial charge on any atom is 0.00753 e. The summed E-state index contributed by atoms with van der Waals surface area (Å²) < 4.78 is 13.1. The SMILES string of the molecule is CC[SH](=N)=N. The van der Waals surface area contributed by atoms with Gasteiger partial charge in [0.15, 0.2) is 0 Å². The van der Waals surface area contributed by atoms with Gasteiger partial charge in [-0.25, -0.2) is 0 Å². The van der Waals surface area contributed by atoms with Crippen molar-refractivity contribution in [1.82, 2.24) is 0 Å². The molecule has 5 heavy (non-hydrogen) atoms. The molecule has 0 aromatic heterocycles. The highest BCUT2D eigenvalue weighted by molar-refractivity contribution is 7.74. The van der Waals surface area contributed by atoms with Gasteiger partial charge >= 0.3 is 0 Å². The fraction of sp³-hybridized carbons (Fsp3) is 1.00. The zero-order valence-corrected chi connectivity index (χ0v) is 4.05. The Kier molecular flexibility index (Phi) is 2.18. The summed E-state index contributed by atoms with van der Waals surface area (Å²) in [6.07, 6.45) is 0. The molecule has 0 bridgehead atoms. The fourth-order valence-corrected chi connectivity index (χ4v) is 0. The molecular weight excluding hydrogens is 84.1 g/mol. The topological polar surface area (TPSA) is 47.7 Å². The van der Waals surface area contributed by atoms with Crippen molar-refractivity contribution in [3.63, 3.8) is 0 Å². The second-order valence-corrected chi connectivity index (χ2v) is 2.23. The average molecular weight is 92.2 g/mol. The summed E-state index contributed by atoms with van der Waals surface area (Å²) >= 11 is 0. The average Bonchev–Trinajstić information content (AvgIpc) is 1.38. The minimum atomic E-state index is -1.10. The summed E-state index contributed by atoms with van der Waals surface area (Å²) in [6, 6.07) is 0. The quantitative estimate of drug-likeness (QED) is 0.402. The van der Waals surface area contributed by atoms with Crippen molar-refractivity contribution in [2.24, 2.45) is 0 Å². The first-order chi connectivity index (χ1) is 2.27. The molecule has 0 fully saturated rings. The zero-order valence-electron chi connectivity index (χ0n) is 3.15. The Morgan fingerprint density at radius 3 is 1.80 bits per heavy atom. The summed E-state index contributed by atoms with van der Waals surface area (Å²) in [4.78, 5) is 0. The van der Waals surface area contributed by atoms with Gasteiger partial charge in [0.2, 0.25) is 0 Å². The van der Waals surface area contributed by atoms with E-state index in [1.54, 1.807) is 0 Å². The number of rotatable bonds is 1. The molecular formula is C2H8N2S. The standard InChI is InChI=1S/C2H8N2S/c1-2-5(3)4/h3-5H,2H2,1H3. The van der Waals surface area contributed by atoms with Gasteiger partial charge in [0.1, 0.15) is 0 Å². The highest BCUT2D eigenvalue weighted by Crippen LogP contribution is 1.58. The Labute approximate surface area is 33.6 Å². The van der Waals surface area contributed by atoms with E-state index in [0.29, 0.717) is 5.75 Å². The largest absolute Gasteiger partial charge is 0.273 e. The van der Waals surface area contributed by atoms with Crippen molar-refractivity contribution in [1.29, 1.82) is 9.56 Å². The molecule has 2 N–H and O–H groups in total. The van der Waals surface area contributed by atoms with Gasteiger partial charge < -0.3 is 0 Å². The third-order valence-electron chi connectivity index (χ3n) is 0.316. The molecule has 0 aromatic rings. The molecule has 0 radical (unpaired) electrons. The Morgan fingerprint density at radius 1 is 1.60 bits per heavy atom. The van der Waals surface area contributed by atoms with Crippen LogP contribution in [0.2, 0.25) is 0 Å². The van der Waals surface area contributed by atoms with Crippen molar-refractivity contribution < 1.29 is 0 Å². The van der Waals surface area contributed by atoms with E-state index >= 15 is 0 Å². The summed E-state index contributed by atoms with van der Waals surface area (Å²) in [5.41, 5.74) is 0. The maximum absolute atomic E-state index is 6.56. The van der Waals surface area contributed by atoms with E-state index in [9.17, 15) is 0 Å². The summed E-state index contributed by atoms with van der Waals surface area (Å²) in [5.74, 6) is 0.704. The van der Waals surface area contributed by atoms with E-state index in [-0.39, 0.29) is 0 Å².